The van der Waals surface area contributed by atoms with Crippen molar-refractivity contribution in [2.45, 2.75) is 31.1 Å². The second kappa shape index (κ2) is 6.52. The molecule has 78 valence electrons. The molecule has 0 fully saturated rings. The van der Waals surface area contributed by atoms with E-state index in [2.05, 4.69) is 54.0 Å². The first-order valence-corrected chi connectivity index (χ1v) is 7.13. The van der Waals surface area contributed by atoms with Crippen molar-refractivity contribution in [3.63, 3.8) is 0 Å². The van der Waals surface area contributed by atoms with Gasteiger partial charge in [-0.2, -0.15) is 0 Å². The van der Waals surface area contributed by atoms with Gasteiger partial charge in [0.15, 0.2) is 0 Å². The minimum atomic E-state index is 0.636. The molecule has 0 unspecified atom stereocenters. The Morgan fingerprint density at radius 3 is 2.36 bits per heavy atom. The maximum absolute atomic E-state index is 3.44. The monoisotopic (exact) mass is 272 g/mol. The van der Waals surface area contributed by atoms with Crippen molar-refractivity contribution in [1.29, 1.82) is 0 Å². The SMILES string of the molecule is CC(C)c1ccc(SCCCBr)cc1. The van der Waals surface area contributed by atoms with Crippen molar-refractivity contribution in [1.82, 2.24) is 0 Å². The summed E-state index contributed by atoms with van der Waals surface area (Å²) < 4.78 is 0. The highest BCUT2D eigenvalue weighted by Gasteiger charge is 1.98. The lowest BCUT2D eigenvalue weighted by atomic mass is 10.0. The van der Waals surface area contributed by atoms with Gasteiger partial charge in [-0.05, 0) is 35.8 Å². The van der Waals surface area contributed by atoms with Crippen molar-refractivity contribution in [3.05, 3.63) is 29.8 Å². The summed E-state index contributed by atoms with van der Waals surface area (Å²) >= 11 is 5.38. The van der Waals surface area contributed by atoms with Crippen molar-refractivity contribution in [2.24, 2.45) is 0 Å². The van der Waals surface area contributed by atoms with E-state index in [1.807, 2.05) is 11.8 Å². The molecule has 0 bridgehead atoms. The average molecular weight is 273 g/mol. The predicted octanol–water partition coefficient (Wildman–Crippen LogP) is 4.69. The fourth-order valence-corrected chi connectivity index (χ4v) is 2.70. The lowest BCUT2D eigenvalue weighted by Crippen LogP contribution is -1.86. The lowest BCUT2D eigenvalue weighted by Gasteiger charge is -2.06. The van der Waals surface area contributed by atoms with Crippen LogP contribution in [0.2, 0.25) is 0 Å². The third-order valence-electron chi connectivity index (χ3n) is 2.09. The van der Waals surface area contributed by atoms with Crippen LogP contribution < -0.4 is 0 Å². The van der Waals surface area contributed by atoms with Gasteiger partial charge in [-0.1, -0.05) is 41.9 Å². The number of benzene rings is 1. The molecule has 0 nitrogen and oxygen atoms in total. The second-order valence-electron chi connectivity index (χ2n) is 3.61. The summed E-state index contributed by atoms with van der Waals surface area (Å²) in [5.41, 5.74) is 1.43. The van der Waals surface area contributed by atoms with E-state index in [1.54, 1.807) is 0 Å². The molecule has 0 aliphatic rings. The number of alkyl halides is 1. The molecule has 0 saturated heterocycles. The summed E-state index contributed by atoms with van der Waals surface area (Å²) in [5.74, 6) is 1.84. The smallest absolute Gasteiger partial charge is 0.00721 e. The molecular weight excluding hydrogens is 256 g/mol. The predicted molar refractivity (Wildman–Crippen MR) is 69.7 cm³/mol. The molecule has 0 aromatic heterocycles. The van der Waals surface area contributed by atoms with Crippen LogP contribution >= 0.6 is 27.7 Å². The molecule has 1 aromatic carbocycles. The molecule has 1 aromatic rings. The Bertz CT molecular complexity index is 254. The average Bonchev–Trinajstić information content (AvgIpc) is 2.19. The summed E-state index contributed by atoms with van der Waals surface area (Å²) in [6.45, 7) is 4.46. The molecule has 0 N–H and O–H groups in total. The fraction of sp³-hybridized carbons (Fsp3) is 0.500. The van der Waals surface area contributed by atoms with E-state index in [1.165, 1.54) is 22.6 Å². The second-order valence-corrected chi connectivity index (χ2v) is 5.58. The van der Waals surface area contributed by atoms with Crippen LogP contribution in [-0.2, 0) is 0 Å². The first kappa shape index (κ1) is 12.1. The van der Waals surface area contributed by atoms with E-state index in [0.717, 1.165) is 5.33 Å². The van der Waals surface area contributed by atoms with E-state index in [4.69, 9.17) is 0 Å². The largest absolute Gasteiger partial charge is 0.126 e. The molecule has 0 spiro atoms. The number of hydrogen-bond acceptors (Lipinski definition) is 1. The van der Waals surface area contributed by atoms with Crippen LogP contribution in [0.5, 0.6) is 0 Å². The zero-order valence-electron chi connectivity index (χ0n) is 8.79. The minimum Gasteiger partial charge on any atom is -0.126 e. The minimum absolute atomic E-state index is 0.636. The highest BCUT2D eigenvalue weighted by Crippen LogP contribution is 2.22. The standard InChI is InChI=1S/C12H17BrS/c1-10(2)11-4-6-12(7-5-11)14-9-3-8-13/h4-7,10H,3,8-9H2,1-2H3. The Balaban J connectivity index is 2.47. The van der Waals surface area contributed by atoms with Gasteiger partial charge < -0.3 is 0 Å². The Morgan fingerprint density at radius 1 is 1.21 bits per heavy atom. The van der Waals surface area contributed by atoms with Gasteiger partial charge >= 0.3 is 0 Å². The first-order chi connectivity index (χ1) is 6.74. The molecule has 0 aliphatic heterocycles. The number of hydrogen-bond donors (Lipinski definition) is 0. The van der Waals surface area contributed by atoms with Gasteiger partial charge in [0, 0.05) is 10.2 Å². The van der Waals surface area contributed by atoms with Crippen LogP contribution in [-0.4, -0.2) is 11.1 Å². The zero-order chi connectivity index (χ0) is 10.4. The van der Waals surface area contributed by atoms with Crippen LogP contribution in [0.1, 0.15) is 31.7 Å². The maximum Gasteiger partial charge on any atom is 0.00721 e. The topological polar surface area (TPSA) is 0 Å². The van der Waals surface area contributed by atoms with Gasteiger partial charge in [0.1, 0.15) is 0 Å². The Hall–Kier alpha value is 0.0500. The molecule has 0 saturated carbocycles. The van der Waals surface area contributed by atoms with Gasteiger partial charge in [-0.25, -0.2) is 0 Å². The van der Waals surface area contributed by atoms with E-state index in [-0.39, 0.29) is 0 Å². The van der Waals surface area contributed by atoms with E-state index in [0.29, 0.717) is 5.92 Å². The van der Waals surface area contributed by atoms with Crippen LogP contribution in [0, 0.1) is 0 Å². The molecular formula is C12H17BrS. The van der Waals surface area contributed by atoms with Crippen molar-refractivity contribution in [3.8, 4) is 0 Å². The number of thioether (sulfide) groups is 1. The third-order valence-corrected chi connectivity index (χ3v) is 3.75. The maximum atomic E-state index is 3.44. The fourth-order valence-electron chi connectivity index (χ4n) is 1.19. The van der Waals surface area contributed by atoms with E-state index < -0.39 is 0 Å². The van der Waals surface area contributed by atoms with Crippen LogP contribution in [0.3, 0.4) is 0 Å². The Kier molecular flexibility index (Phi) is 5.64. The number of halogens is 1. The zero-order valence-corrected chi connectivity index (χ0v) is 11.2. The first-order valence-electron chi connectivity index (χ1n) is 5.02. The molecule has 14 heavy (non-hydrogen) atoms. The molecule has 0 radical (unpaired) electrons. The highest BCUT2D eigenvalue weighted by molar-refractivity contribution is 9.09. The molecule has 2 heteroatoms. The molecule has 0 amide bonds. The van der Waals surface area contributed by atoms with E-state index in [9.17, 15) is 0 Å². The summed E-state index contributed by atoms with van der Waals surface area (Å²) in [5, 5.41) is 1.10. The van der Waals surface area contributed by atoms with Gasteiger partial charge in [-0.15, -0.1) is 11.8 Å². The van der Waals surface area contributed by atoms with Gasteiger partial charge in [-0.3, -0.25) is 0 Å². The normalized spacial score (nSPS) is 10.9. The van der Waals surface area contributed by atoms with Crippen LogP contribution in [0.25, 0.3) is 0 Å². The summed E-state index contributed by atoms with van der Waals surface area (Å²) in [6.07, 6.45) is 1.23. The van der Waals surface area contributed by atoms with Crippen LogP contribution in [0.4, 0.5) is 0 Å². The summed E-state index contributed by atoms with van der Waals surface area (Å²) in [4.78, 5) is 1.38. The van der Waals surface area contributed by atoms with Gasteiger partial charge in [0.2, 0.25) is 0 Å². The summed E-state index contributed by atoms with van der Waals surface area (Å²) in [7, 11) is 0. The summed E-state index contributed by atoms with van der Waals surface area (Å²) in [6, 6.07) is 8.94. The Labute approximate surface area is 99.6 Å². The number of rotatable bonds is 5. The third kappa shape index (κ3) is 4.05. The highest BCUT2D eigenvalue weighted by atomic mass is 79.9. The lowest BCUT2D eigenvalue weighted by molar-refractivity contribution is 0.865. The Morgan fingerprint density at radius 2 is 1.86 bits per heavy atom. The molecule has 0 atom stereocenters. The van der Waals surface area contributed by atoms with Crippen molar-refractivity contribution >= 4 is 27.7 Å². The van der Waals surface area contributed by atoms with Gasteiger partial charge in [0.05, 0.1) is 0 Å². The van der Waals surface area contributed by atoms with Crippen molar-refractivity contribution < 1.29 is 0 Å². The molecule has 1 rings (SSSR count). The quantitative estimate of drug-likeness (QED) is 0.426. The molecule has 0 heterocycles. The van der Waals surface area contributed by atoms with Crippen LogP contribution in [0.15, 0.2) is 29.2 Å². The molecule has 0 aliphatic carbocycles. The van der Waals surface area contributed by atoms with E-state index >= 15 is 0 Å². The van der Waals surface area contributed by atoms with Gasteiger partial charge in [0.25, 0.3) is 0 Å². The van der Waals surface area contributed by atoms with Crippen molar-refractivity contribution in [2.75, 3.05) is 11.1 Å².